The summed E-state index contributed by atoms with van der Waals surface area (Å²) in [5.41, 5.74) is 1.24. The molecule has 0 aliphatic rings. The fourth-order valence-electron chi connectivity index (χ4n) is 2.57. The van der Waals surface area contributed by atoms with Gasteiger partial charge in [-0.15, -0.1) is 11.8 Å². The van der Waals surface area contributed by atoms with Crippen LogP contribution in [0.5, 0.6) is 0 Å². The molecule has 0 unspecified atom stereocenters. The van der Waals surface area contributed by atoms with Crippen LogP contribution in [0.15, 0.2) is 29.2 Å². The summed E-state index contributed by atoms with van der Waals surface area (Å²) in [6, 6.07) is 7.63. The van der Waals surface area contributed by atoms with E-state index in [9.17, 15) is 4.79 Å². The average Bonchev–Trinajstić information content (AvgIpc) is 2.33. The number of ether oxygens (including phenoxy) is 1. The minimum atomic E-state index is -0.283. The summed E-state index contributed by atoms with van der Waals surface area (Å²) in [4.78, 5) is 12.6. The van der Waals surface area contributed by atoms with E-state index in [1.165, 1.54) is 18.4 Å². The zero-order valence-electron chi connectivity index (χ0n) is 13.4. The number of methoxy groups -OCH3 is 1. The molecule has 20 heavy (non-hydrogen) atoms. The van der Waals surface area contributed by atoms with E-state index in [1.807, 2.05) is 36.0 Å². The molecule has 0 heterocycles. The summed E-state index contributed by atoms with van der Waals surface area (Å²) in [5, 5.41) is 0. The third-order valence-electron chi connectivity index (χ3n) is 2.91. The first-order valence-electron chi connectivity index (χ1n) is 6.94. The molecule has 0 aromatic heterocycles. The first kappa shape index (κ1) is 17.1. The fraction of sp³-hybridized carbons (Fsp3) is 0.588. The van der Waals surface area contributed by atoms with Crippen LogP contribution in [0.2, 0.25) is 0 Å². The minimum Gasteiger partial charge on any atom is -0.465 e. The maximum atomic E-state index is 11.4. The normalized spacial score (nSPS) is 12.3. The van der Waals surface area contributed by atoms with Gasteiger partial charge in [0, 0.05) is 10.6 Å². The van der Waals surface area contributed by atoms with Crippen molar-refractivity contribution >= 4 is 17.7 Å². The number of rotatable bonds is 5. The van der Waals surface area contributed by atoms with E-state index in [2.05, 4.69) is 34.6 Å². The Balaban J connectivity index is 2.59. The standard InChI is InChI=1S/C17H26O2S/c1-16(2,3)11-17(4,5)12-20-14-9-7-13(8-10-14)15(18)19-6/h7-10H,11-12H2,1-6H3. The SMILES string of the molecule is COC(=O)c1ccc(SCC(C)(C)CC(C)(C)C)cc1. The molecule has 1 aromatic carbocycles. The highest BCUT2D eigenvalue weighted by Gasteiger charge is 2.25. The molecule has 1 aromatic rings. The Labute approximate surface area is 127 Å². The second-order valence-electron chi connectivity index (χ2n) is 7.21. The molecular formula is C17H26O2S. The van der Waals surface area contributed by atoms with Gasteiger partial charge in [0.05, 0.1) is 12.7 Å². The molecular weight excluding hydrogens is 268 g/mol. The predicted molar refractivity (Wildman–Crippen MR) is 86.4 cm³/mol. The molecule has 0 atom stereocenters. The van der Waals surface area contributed by atoms with E-state index < -0.39 is 0 Å². The molecule has 0 saturated heterocycles. The Bertz CT molecular complexity index is 441. The highest BCUT2D eigenvalue weighted by atomic mass is 32.2. The van der Waals surface area contributed by atoms with Gasteiger partial charge in [-0.2, -0.15) is 0 Å². The van der Waals surface area contributed by atoms with Gasteiger partial charge in [0.25, 0.3) is 0 Å². The van der Waals surface area contributed by atoms with E-state index >= 15 is 0 Å². The third kappa shape index (κ3) is 6.00. The van der Waals surface area contributed by atoms with Crippen molar-refractivity contribution in [3.63, 3.8) is 0 Å². The van der Waals surface area contributed by atoms with Crippen LogP contribution < -0.4 is 0 Å². The predicted octanol–water partition coefficient (Wildman–Crippen LogP) is 5.03. The Kier molecular flexibility index (Phi) is 5.69. The number of carbonyl (C=O) groups excluding carboxylic acids is 1. The van der Waals surface area contributed by atoms with Gasteiger partial charge in [0.2, 0.25) is 0 Å². The van der Waals surface area contributed by atoms with Gasteiger partial charge in [-0.1, -0.05) is 34.6 Å². The molecule has 0 aliphatic carbocycles. The number of thioether (sulfide) groups is 1. The van der Waals surface area contributed by atoms with Crippen LogP contribution in [0, 0.1) is 10.8 Å². The molecule has 0 fully saturated rings. The lowest BCUT2D eigenvalue weighted by molar-refractivity contribution is 0.0600. The maximum absolute atomic E-state index is 11.4. The van der Waals surface area contributed by atoms with Crippen molar-refractivity contribution in [1.82, 2.24) is 0 Å². The lowest BCUT2D eigenvalue weighted by atomic mass is 9.77. The Hall–Kier alpha value is -0.960. The quantitative estimate of drug-likeness (QED) is 0.563. The molecule has 0 aliphatic heterocycles. The third-order valence-corrected chi connectivity index (χ3v) is 4.45. The molecule has 0 saturated carbocycles. The molecule has 3 heteroatoms. The lowest BCUT2D eigenvalue weighted by Gasteiger charge is -2.32. The highest BCUT2D eigenvalue weighted by molar-refractivity contribution is 7.99. The molecule has 0 spiro atoms. The van der Waals surface area contributed by atoms with Crippen LogP contribution in [0.4, 0.5) is 0 Å². The van der Waals surface area contributed by atoms with Crippen LogP contribution in [0.25, 0.3) is 0 Å². The number of carbonyl (C=O) groups is 1. The van der Waals surface area contributed by atoms with Gasteiger partial charge < -0.3 is 4.74 Å². The van der Waals surface area contributed by atoms with Gasteiger partial charge in [-0.25, -0.2) is 4.79 Å². The van der Waals surface area contributed by atoms with Crippen molar-refractivity contribution in [3.05, 3.63) is 29.8 Å². The summed E-state index contributed by atoms with van der Waals surface area (Å²) in [6.45, 7) is 11.5. The van der Waals surface area contributed by atoms with E-state index in [1.54, 1.807) is 0 Å². The molecule has 2 nitrogen and oxygen atoms in total. The van der Waals surface area contributed by atoms with Gasteiger partial charge in [0.1, 0.15) is 0 Å². The number of benzene rings is 1. The highest BCUT2D eigenvalue weighted by Crippen LogP contribution is 2.37. The summed E-state index contributed by atoms with van der Waals surface area (Å²) < 4.78 is 4.70. The second kappa shape index (κ2) is 6.66. The summed E-state index contributed by atoms with van der Waals surface area (Å²) in [5.74, 6) is 0.789. The van der Waals surface area contributed by atoms with Crippen molar-refractivity contribution in [2.45, 2.75) is 45.9 Å². The summed E-state index contributed by atoms with van der Waals surface area (Å²) in [7, 11) is 1.40. The van der Waals surface area contributed by atoms with E-state index in [0.29, 0.717) is 16.4 Å². The molecule has 0 N–H and O–H groups in total. The fourth-order valence-corrected chi connectivity index (χ4v) is 3.56. The van der Waals surface area contributed by atoms with Crippen molar-refractivity contribution < 1.29 is 9.53 Å². The molecule has 1 rings (SSSR count). The number of esters is 1. The van der Waals surface area contributed by atoms with E-state index in [0.717, 1.165) is 5.75 Å². The van der Waals surface area contributed by atoms with Gasteiger partial charge >= 0.3 is 5.97 Å². The summed E-state index contributed by atoms with van der Waals surface area (Å²) >= 11 is 1.84. The monoisotopic (exact) mass is 294 g/mol. The first-order valence-corrected chi connectivity index (χ1v) is 7.93. The van der Waals surface area contributed by atoms with E-state index in [4.69, 9.17) is 4.74 Å². The van der Waals surface area contributed by atoms with Crippen LogP contribution in [0.3, 0.4) is 0 Å². The maximum Gasteiger partial charge on any atom is 0.337 e. The zero-order valence-corrected chi connectivity index (χ0v) is 14.3. The van der Waals surface area contributed by atoms with Gasteiger partial charge in [0.15, 0.2) is 0 Å². The Morgan fingerprint density at radius 1 is 1.10 bits per heavy atom. The van der Waals surface area contributed by atoms with Gasteiger partial charge in [-0.3, -0.25) is 0 Å². The van der Waals surface area contributed by atoms with Crippen molar-refractivity contribution in [3.8, 4) is 0 Å². The Morgan fingerprint density at radius 2 is 1.65 bits per heavy atom. The smallest absolute Gasteiger partial charge is 0.337 e. The van der Waals surface area contributed by atoms with Crippen molar-refractivity contribution in [2.75, 3.05) is 12.9 Å². The van der Waals surface area contributed by atoms with Crippen molar-refractivity contribution in [1.29, 1.82) is 0 Å². The largest absolute Gasteiger partial charge is 0.465 e. The molecule has 0 amide bonds. The first-order chi connectivity index (χ1) is 9.13. The minimum absolute atomic E-state index is 0.283. The molecule has 0 bridgehead atoms. The molecule has 0 radical (unpaired) electrons. The lowest BCUT2D eigenvalue weighted by Crippen LogP contribution is -2.22. The topological polar surface area (TPSA) is 26.3 Å². The van der Waals surface area contributed by atoms with E-state index in [-0.39, 0.29) is 5.97 Å². The van der Waals surface area contributed by atoms with Crippen molar-refractivity contribution in [2.24, 2.45) is 10.8 Å². The zero-order chi connectivity index (χ0) is 15.4. The Morgan fingerprint density at radius 3 is 2.10 bits per heavy atom. The number of hydrogen-bond acceptors (Lipinski definition) is 3. The number of hydrogen-bond donors (Lipinski definition) is 0. The van der Waals surface area contributed by atoms with Gasteiger partial charge in [-0.05, 0) is 41.5 Å². The van der Waals surface area contributed by atoms with Crippen LogP contribution >= 0.6 is 11.8 Å². The molecule has 112 valence electrons. The second-order valence-corrected chi connectivity index (χ2v) is 8.26. The van der Waals surface area contributed by atoms with Crippen LogP contribution in [0.1, 0.15) is 51.4 Å². The van der Waals surface area contributed by atoms with Crippen LogP contribution in [-0.2, 0) is 4.74 Å². The average molecular weight is 294 g/mol. The van der Waals surface area contributed by atoms with Crippen LogP contribution in [-0.4, -0.2) is 18.8 Å². The summed E-state index contributed by atoms with van der Waals surface area (Å²) in [6.07, 6.45) is 1.19.